The van der Waals surface area contributed by atoms with Crippen LogP contribution >= 0.6 is 0 Å². The number of rotatable bonds is 4. The Morgan fingerprint density at radius 3 is 2.79 bits per heavy atom. The van der Waals surface area contributed by atoms with Crippen LogP contribution < -0.4 is 19.5 Å². The molecule has 1 aliphatic heterocycles. The van der Waals surface area contributed by atoms with Crippen molar-refractivity contribution in [2.45, 2.75) is 0 Å². The number of nitrogens with zero attached hydrogens (tertiary/aromatic N) is 1. The van der Waals surface area contributed by atoms with E-state index >= 15 is 0 Å². The van der Waals surface area contributed by atoms with Crippen molar-refractivity contribution >= 4 is 22.7 Å². The number of aromatic nitrogens is 1. The van der Waals surface area contributed by atoms with Gasteiger partial charge in [0.05, 0.1) is 12.7 Å². The molecule has 1 N–H and O–H groups in total. The number of para-hydroxylation sites is 1. The summed E-state index contributed by atoms with van der Waals surface area (Å²) in [6.45, 7) is 0.164. The van der Waals surface area contributed by atoms with Gasteiger partial charge in [0.15, 0.2) is 17.1 Å². The lowest BCUT2D eigenvalue weighted by molar-refractivity contribution is 0.102. The highest BCUT2D eigenvalue weighted by atomic mass is 16.7. The van der Waals surface area contributed by atoms with Crippen molar-refractivity contribution < 1.29 is 23.4 Å². The fourth-order valence-corrected chi connectivity index (χ4v) is 3.18. The molecule has 0 atom stereocenters. The molecule has 7 nitrogen and oxygen atoms in total. The van der Waals surface area contributed by atoms with Gasteiger partial charge in [0.2, 0.25) is 12.7 Å². The first kappa shape index (κ1) is 17.1. The van der Waals surface area contributed by atoms with Crippen LogP contribution in [0, 0.1) is 0 Å². The van der Waals surface area contributed by atoms with Crippen LogP contribution in [0.5, 0.6) is 17.2 Å². The number of hydrogen-bond donors (Lipinski definition) is 1. The van der Waals surface area contributed by atoms with Crippen molar-refractivity contribution in [1.82, 2.24) is 4.98 Å². The molecule has 2 heterocycles. The summed E-state index contributed by atoms with van der Waals surface area (Å²) in [5.41, 5.74) is 3.09. The van der Waals surface area contributed by atoms with Gasteiger partial charge in [0, 0.05) is 17.3 Å². The molecule has 5 rings (SSSR count). The number of amides is 1. The van der Waals surface area contributed by atoms with Gasteiger partial charge in [0.25, 0.3) is 5.91 Å². The Bertz CT molecular complexity index is 1230. The molecule has 0 unspecified atom stereocenters. The Hall–Kier alpha value is -4.00. The summed E-state index contributed by atoms with van der Waals surface area (Å²) in [7, 11) is 1.60. The van der Waals surface area contributed by atoms with Gasteiger partial charge in [-0.25, -0.2) is 4.98 Å². The van der Waals surface area contributed by atoms with E-state index in [0.717, 1.165) is 5.56 Å². The monoisotopic (exact) mass is 388 g/mol. The van der Waals surface area contributed by atoms with Gasteiger partial charge in [-0.3, -0.25) is 4.79 Å². The van der Waals surface area contributed by atoms with Crippen LogP contribution in [0.15, 0.2) is 65.1 Å². The Balaban J connectivity index is 1.42. The van der Waals surface area contributed by atoms with E-state index in [0.29, 0.717) is 45.5 Å². The zero-order chi connectivity index (χ0) is 19.8. The number of benzene rings is 3. The van der Waals surface area contributed by atoms with Gasteiger partial charge < -0.3 is 23.9 Å². The van der Waals surface area contributed by atoms with Crippen molar-refractivity contribution in [3.05, 3.63) is 66.2 Å². The number of carbonyl (C=O) groups is 1. The fraction of sp³-hybridized carbons (Fsp3) is 0.0909. The third-order valence-electron chi connectivity index (χ3n) is 4.62. The quantitative estimate of drug-likeness (QED) is 0.555. The fourth-order valence-electron chi connectivity index (χ4n) is 3.18. The molecule has 0 aliphatic carbocycles. The van der Waals surface area contributed by atoms with Crippen LogP contribution in [0.1, 0.15) is 10.4 Å². The van der Waals surface area contributed by atoms with Crippen molar-refractivity contribution in [2.75, 3.05) is 19.2 Å². The van der Waals surface area contributed by atoms with Crippen LogP contribution in [-0.2, 0) is 0 Å². The summed E-state index contributed by atoms with van der Waals surface area (Å²) in [6.07, 6.45) is 0. The van der Waals surface area contributed by atoms with Gasteiger partial charge in [-0.05, 0) is 42.5 Å². The third kappa shape index (κ3) is 3.12. The largest absolute Gasteiger partial charge is 0.496 e. The number of hydrogen-bond acceptors (Lipinski definition) is 6. The van der Waals surface area contributed by atoms with Gasteiger partial charge in [-0.15, -0.1) is 0 Å². The van der Waals surface area contributed by atoms with E-state index in [9.17, 15) is 4.79 Å². The number of methoxy groups -OCH3 is 1. The molecular weight excluding hydrogens is 372 g/mol. The zero-order valence-corrected chi connectivity index (χ0v) is 15.5. The zero-order valence-electron chi connectivity index (χ0n) is 15.5. The SMILES string of the molecule is COc1ccccc1-c1nc2ccc(NC(=O)c3ccc4c(c3)OCO4)cc2o1. The minimum absolute atomic E-state index is 0.164. The number of nitrogens with one attached hydrogen (secondary N) is 1. The van der Waals surface area contributed by atoms with E-state index in [-0.39, 0.29) is 12.7 Å². The van der Waals surface area contributed by atoms with E-state index in [1.165, 1.54) is 0 Å². The van der Waals surface area contributed by atoms with Crippen molar-refractivity contribution in [1.29, 1.82) is 0 Å². The smallest absolute Gasteiger partial charge is 0.255 e. The van der Waals surface area contributed by atoms with E-state index in [4.69, 9.17) is 18.6 Å². The maximum absolute atomic E-state index is 12.6. The lowest BCUT2D eigenvalue weighted by Crippen LogP contribution is -2.11. The lowest BCUT2D eigenvalue weighted by atomic mass is 10.2. The van der Waals surface area contributed by atoms with Crippen molar-refractivity contribution in [3.8, 4) is 28.7 Å². The lowest BCUT2D eigenvalue weighted by Gasteiger charge is -2.06. The first-order valence-electron chi connectivity index (χ1n) is 8.96. The highest BCUT2D eigenvalue weighted by Crippen LogP contribution is 2.34. The Morgan fingerprint density at radius 2 is 1.90 bits per heavy atom. The van der Waals surface area contributed by atoms with Crippen LogP contribution in [0.3, 0.4) is 0 Å². The first-order chi connectivity index (χ1) is 14.2. The van der Waals surface area contributed by atoms with E-state index in [1.54, 1.807) is 43.5 Å². The Kier molecular flexibility index (Phi) is 4.05. The van der Waals surface area contributed by atoms with Crippen molar-refractivity contribution in [2.24, 2.45) is 0 Å². The number of fused-ring (bicyclic) bond motifs is 2. The molecule has 29 heavy (non-hydrogen) atoms. The number of ether oxygens (including phenoxy) is 3. The maximum Gasteiger partial charge on any atom is 0.255 e. The summed E-state index contributed by atoms with van der Waals surface area (Å²) in [5.74, 6) is 2.07. The van der Waals surface area contributed by atoms with Gasteiger partial charge >= 0.3 is 0 Å². The molecule has 1 aliphatic rings. The molecule has 0 saturated carbocycles. The van der Waals surface area contributed by atoms with E-state index < -0.39 is 0 Å². The Morgan fingerprint density at radius 1 is 1.03 bits per heavy atom. The molecule has 3 aromatic carbocycles. The minimum Gasteiger partial charge on any atom is -0.496 e. The highest BCUT2D eigenvalue weighted by Gasteiger charge is 2.17. The molecule has 0 fully saturated rings. The molecule has 0 saturated heterocycles. The normalized spacial score (nSPS) is 12.2. The third-order valence-corrected chi connectivity index (χ3v) is 4.62. The standard InChI is InChI=1S/C22H16N2O5/c1-26-17-5-3-2-4-15(17)22-24-16-8-7-14(11-19(16)29-22)23-21(25)13-6-9-18-20(10-13)28-12-27-18/h2-11H,12H2,1H3,(H,23,25). The van der Waals surface area contributed by atoms with Crippen molar-refractivity contribution in [3.63, 3.8) is 0 Å². The number of oxazole rings is 1. The molecule has 1 amide bonds. The van der Waals surface area contributed by atoms with Gasteiger partial charge in [-0.1, -0.05) is 12.1 Å². The van der Waals surface area contributed by atoms with Crippen LogP contribution in [-0.4, -0.2) is 24.8 Å². The molecule has 144 valence electrons. The predicted molar refractivity (Wildman–Crippen MR) is 107 cm³/mol. The number of carbonyl (C=O) groups excluding carboxylic acids is 1. The summed E-state index contributed by atoms with van der Waals surface area (Å²) < 4.78 is 21.9. The molecular formula is C22H16N2O5. The average Bonchev–Trinajstić information content (AvgIpc) is 3.39. The predicted octanol–water partition coefficient (Wildman–Crippen LogP) is 4.48. The second kappa shape index (κ2) is 6.87. The molecule has 4 aromatic rings. The first-order valence-corrected chi connectivity index (χ1v) is 8.96. The summed E-state index contributed by atoms with van der Waals surface area (Å²) in [6, 6.07) is 17.9. The molecule has 0 spiro atoms. The molecule has 0 bridgehead atoms. The molecule has 7 heteroatoms. The molecule has 0 radical (unpaired) electrons. The summed E-state index contributed by atoms with van der Waals surface area (Å²) in [5, 5.41) is 2.87. The van der Waals surface area contributed by atoms with Crippen LogP contribution in [0.2, 0.25) is 0 Å². The van der Waals surface area contributed by atoms with Gasteiger partial charge in [0.1, 0.15) is 11.3 Å². The highest BCUT2D eigenvalue weighted by molar-refractivity contribution is 6.05. The minimum atomic E-state index is -0.257. The summed E-state index contributed by atoms with van der Waals surface area (Å²) in [4.78, 5) is 17.1. The molecule has 1 aromatic heterocycles. The summed E-state index contributed by atoms with van der Waals surface area (Å²) >= 11 is 0. The van der Waals surface area contributed by atoms with Crippen LogP contribution in [0.25, 0.3) is 22.6 Å². The second-order valence-electron chi connectivity index (χ2n) is 6.42. The Labute approximate surface area is 165 Å². The van der Waals surface area contributed by atoms with Gasteiger partial charge in [-0.2, -0.15) is 0 Å². The van der Waals surface area contributed by atoms with E-state index in [1.807, 2.05) is 24.3 Å². The number of anilines is 1. The topological polar surface area (TPSA) is 82.8 Å². The van der Waals surface area contributed by atoms with Crippen LogP contribution in [0.4, 0.5) is 5.69 Å². The maximum atomic E-state index is 12.6. The average molecular weight is 388 g/mol. The second-order valence-corrected chi connectivity index (χ2v) is 6.42. The van der Waals surface area contributed by atoms with E-state index in [2.05, 4.69) is 10.3 Å².